The van der Waals surface area contributed by atoms with Crippen LogP contribution in [-0.2, 0) is 0 Å². The first-order chi connectivity index (χ1) is 6.19. The summed E-state index contributed by atoms with van der Waals surface area (Å²) in [6.45, 7) is 5.99. The van der Waals surface area contributed by atoms with Crippen molar-refractivity contribution in [2.24, 2.45) is 0 Å². The molecule has 1 rings (SSSR count). The predicted molar refractivity (Wildman–Crippen MR) is 53.3 cm³/mol. The molecule has 1 aromatic rings. The minimum absolute atomic E-state index is 0.264. The first-order valence-electron chi connectivity index (χ1n) is 4.24. The van der Waals surface area contributed by atoms with Gasteiger partial charge in [-0.05, 0) is 30.5 Å². The molecule has 0 aliphatic rings. The lowest BCUT2D eigenvalue weighted by Crippen LogP contribution is -1.93. The van der Waals surface area contributed by atoms with Gasteiger partial charge in [-0.15, -0.1) is 0 Å². The first-order valence-corrected chi connectivity index (χ1v) is 4.24. The van der Waals surface area contributed by atoms with Crippen molar-refractivity contribution in [3.05, 3.63) is 30.7 Å². The van der Waals surface area contributed by atoms with Gasteiger partial charge in [-0.1, -0.05) is 13.0 Å². The van der Waals surface area contributed by atoms with Gasteiger partial charge in [0.1, 0.15) is 0 Å². The highest BCUT2D eigenvalue weighted by Gasteiger charge is 2.06. The highest BCUT2D eigenvalue weighted by molar-refractivity contribution is 5.43. The molecule has 0 heterocycles. The SMILES string of the molecule is [CH2]C(C)c1ccc(OC)c(OC)c1. The van der Waals surface area contributed by atoms with E-state index in [0.717, 1.165) is 17.1 Å². The van der Waals surface area contributed by atoms with Crippen molar-refractivity contribution in [3.63, 3.8) is 0 Å². The fourth-order valence-electron chi connectivity index (χ4n) is 1.16. The molecule has 0 aliphatic heterocycles. The van der Waals surface area contributed by atoms with E-state index in [1.807, 2.05) is 25.1 Å². The van der Waals surface area contributed by atoms with Gasteiger partial charge in [0.05, 0.1) is 14.2 Å². The second-order valence-corrected chi connectivity index (χ2v) is 3.02. The summed E-state index contributed by atoms with van der Waals surface area (Å²) in [5, 5.41) is 0. The van der Waals surface area contributed by atoms with Gasteiger partial charge in [0.15, 0.2) is 11.5 Å². The van der Waals surface area contributed by atoms with Crippen LogP contribution in [0.4, 0.5) is 0 Å². The highest BCUT2D eigenvalue weighted by atomic mass is 16.5. The number of rotatable bonds is 3. The van der Waals surface area contributed by atoms with Crippen molar-refractivity contribution in [1.29, 1.82) is 0 Å². The van der Waals surface area contributed by atoms with E-state index < -0.39 is 0 Å². The average Bonchev–Trinajstić information content (AvgIpc) is 2.16. The van der Waals surface area contributed by atoms with Crippen LogP contribution in [-0.4, -0.2) is 14.2 Å². The van der Waals surface area contributed by atoms with Crippen LogP contribution in [0.5, 0.6) is 11.5 Å². The maximum Gasteiger partial charge on any atom is 0.160 e. The van der Waals surface area contributed by atoms with Crippen molar-refractivity contribution >= 4 is 0 Å². The Hall–Kier alpha value is -1.18. The summed E-state index contributed by atoms with van der Waals surface area (Å²) in [6, 6.07) is 5.85. The van der Waals surface area contributed by atoms with Crippen LogP contribution in [0.1, 0.15) is 18.4 Å². The largest absolute Gasteiger partial charge is 0.493 e. The number of methoxy groups -OCH3 is 2. The summed E-state index contributed by atoms with van der Waals surface area (Å²) in [4.78, 5) is 0. The Balaban J connectivity index is 3.05. The summed E-state index contributed by atoms with van der Waals surface area (Å²) in [5.74, 6) is 1.78. The van der Waals surface area contributed by atoms with E-state index in [1.54, 1.807) is 14.2 Å². The van der Waals surface area contributed by atoms with Crippen molar-refractivity contribution < 1.29 is 9.47 Å². The van der Waals surface area contributed by atoms with E-state index in [1.165, 1.54) is 0 Å². The van der Waals surface area contributed by atoms with Crippen molar-refractivity contribution in [3.8, 4) is 11.5 Å². The molecule has 2 heteroatoms. The Labute approximate surface area is 79.5 Å². The Morgan fingerprint density at radius 3 is 2.23 bits per heavy atom. The smallest absolute Gasteiger partial charge is 0.160 e. The van der Waals surface area contributed by atoms with Crippen LogP contribution in [0.3, 0.4) is 0 Å². The quantitative estimate of drug-likeness (QED) is 0.710. The molecule has 0 saturated heterocycles. The normalized spacial score (nSPS) is 10.2. The van der Waals surface area contributed by atoms with Crippen LogP contribution in [0, 0.1) is 6.92 Å². The summed E-state index contributed by atoms with van der Waals surface area (Å²) in [7, 11) is 3.26. The molecule has 0 aromatic heterocycles. The van der Waals surface area contributed by atoms with E-state index >= 15 is 0 Å². The van der Waals surface area contributed by atoms with Gasteiger partial charge in [0, 0.05) is 0 Å². The zero-order valence-electron chi connectivity index (χ0n) is 8.33. The molecule has 0 bridgehead atoms. The molecule has 2 nitrogen and oxygen atoms in total. The van der Waals surface area contributed by atoms with E-state index in [0.29, 0.717) is 0 Å². The molecule has 0 saturated carbocycles. The summed E-state index contributed by atoms with van der Waals surface area (Å²) >= 11 is 0. The van der Waals surface area contributed by atoms with Gasteiger partial charge in [0.2, 0.25) is 0 Å². The zero-order valence-corrected chi connectivity index (χ0v) is 8.33. The van der Waals surface area contributed by atoms with Crippen molar-refractivity contribution in [2.45, 2.75) is 12.8 Å². The third-order valence-corrected chi connectivity index (χ3v) is 1.98. The summed E-state index contributed by atoms with van der Waals surface area (Å²) in [5.41, 5.74) is 1.15. The second-order valence-electron chi connectivity index (χ2n) is 3.02. The Morgan fingerprint density at radius 2 is 1.77 bits per heavy atom. The van der Waals surface area contributed by atoms with Gasteiger partial charge in [-0.2, -0.15) is 0 Å². The molecule has 13 heavy (non-hydrogen) atoms. The minimum atomic E-state index is 0.264. The lowest BCUT2D eigenvalue weighted by Gasteiger charge is -2.11. The molecular formula is C11H15O2. The second kappa shape index (κ2) is 4.17. The van der Waals surface area contributed by atoms with E-state index in [2.05, 4.69) is 6.92 Å². The van der Waals surface area contributed by atoms with Crippen molar-refractivity contribution in [2.75, 3.05) is 14.2 Å². The van der Waals surface area contributed by atoms with Crippen LogP contribution in [0.25, 0.3) is 0 Å². The van der Waals surface area contributed by atoms with E-state index in [9.17, 15) is 0 Å². The molecule has 1 radical (unpaired) electrons. The minimum Gasteiger partial charge on any atom is -0.493 e. The molecule has 0 N–H and O–H groups in total. The molecule has 1 atom stereocenters. The number of hydrogen-bond acceptors (Lipinski definition) is 2. The third-order valence-electron chi connectivity index (χ3n) is 1.98. The number of benzene rings is 1. The highest BCUT2D eigenvalue weighted by Crippen LogP contribution is 2.29. The topological polar surface area (TPSA) is 18.5 Å². The lowest BCUT2D eigenvalue weighted by molar-refractivity contribution is 0.354. The van der Waals surface area contributed by atoms with Crippen LogP contribution in [0.2, 0.25) is 0 Å². The molecule has 71 valence electrons. The van der Waals surface area contributed by atoms with Crippen LogP contribution in [0.15, 0.2) is 18.2 Å². The average molecular weight is 179 g/mol. The Kier molecular flexibility index (Phi) is 3.18. The molecule has 1 aromatic carbocycles. The fraction of sp³-hybridized carbons (Fsp3) is 0.364. The van der Waals surface area contributed by atoms with Gasteiger partial charge in [-0.25, -0.2) is 0 Å². The van der Waals surface area contributed by atoms with Gasteiger partial charge in [0.25, 0.3) is 0 Å². The molecule has 0 fully saturated rings. The Bertz CT molecular complexity index is 279. The van der Waals surface area contributed by atoms with Gasteiger partial charge >= 0.3 is 0 Å². The third kappa shape index (κ3) is 2.14. The summed E-state index contributed by atoms with van der Waals surface area (Å²) in [6.07, 6.45) is 0. The monoisotopic (exact) mass is 179 g/mol. The van der Waals surface area contributed by atoms with E-state index in [4.69, 9.17) is 9.47 Å². The fourth-order valence-corrected chi connectivity index (χ4v) is 1.16. The standard InChI is InChI=1S/C11H15O2/c1-8(2)9-5-6-10(12-3)11(7-9)13-4/h5-8H,1H2,2-4H3. The van der Waals surface area contributed by atoms with Crippen LogP contribution >= 0.6 is 0 Å². The van der Waals surface area contributed by atoms with Gasteiger partial charge < -0.3 is 9.47 Å². The van der Waals surface area contributed by atoms with E-state index in [-0.39, 0.29) is 5.92 Å². The van der Waals surface area contributed by atoms with Crippen molar-refractivity contribution in [1.82, 2.24) is 0 Å². The maximum atomic E-state index is 5.17. The van der Waals surface area contributed by atoms with Gasteiger partial charge in [-0.3, -0.25) is 0 Å². The van der Waals surface area contributed by atoms with Crippen LogP contribution < -0.4 is 9.47 Å². The molecule has 1 unspecified atom stereocenters. The molecule has 0 spiro atoms. The number of ether oxygens (including phenoxy) is 2. The predicted octanol–water partition coefficient (Wildman–Crippen LogP) is 2.64. The number of hydrogen-bond donors (Lipinski definition) is 0. The molecular weight excluding hydrogens is 164 g/mol. The molecule has 0 aliphatic carbocycles. The zero-order chi connectivity index (χ0) is 9.84. The maximum absolute atomic E-state index is 5.17. The summed E-state index contributed by atoms with van der Waals surface area (Å²) < 4.78 is 10.3. The lowest BCUT2D eigenvalue weighted by atomic mass is 10.0. The first kappa shape index (κ1) is 9.90. The Morgan fingerprint density at radius 1 is 1.15 bits per heavy atom. The molecule has 0 amide bonds.